The summed E-state index contributed by atoms with van der Waals surface area (Å²) in [5.74, 6) is 18.2. The molecule has 1 aliphatic rings. The summed E-state index contributed by atoms with van der Waals surface area (Å²) in [4.78, 5) is 35.6. The predicted molar refractivity (Wildman–Crippen MR) is 271 cm³/mol. The lowest BCUT2D eigenvalue weighted by Gasteiger charge is -2.15. The molecule has 72 heavy (non-hydrogen) atoms. The lowest BCUT2D eigenvalue weighted by Crippen LogP contribution is -2.41. The van der Waals surface area contributed by atoms with Gasteiger partial charge in [-0.3, -0.25) is 5.73 Å². The highest BCUT2D eigenvalue weighted by atomic mass is 35.5. The average Bonchev–Trinajstić information content (AvgIpc) is 3.61. The molecule has 20 heteroatoms. The number of aliphatic hydroxyl groups excluding tert-OH is 2. The zero-order valence-electron chi connectivity index (χ0n) is 39.5. The number of H-pyrrole nitrogens is 1. The zero-order chi connectivity index (χ0) is 50.6. The lowest BCUT2D eigenvalue weighted by atomic mass is 10.1. The maximum absolute atomic E-state index is 10.7. The van der Waals surface area contributed by atoms with Gasteiger partial charge >= 0.3 is 11.9 Å². The Hall–Kier alpha value is -8.48. The van der Waals surface area contributed by atoms with Crippen LogP contribution >= 0.6 is 11.6 Å². The molecule has 0 aliphatic heterocycles. The minimum absolute atomic E-state index is 0.0478. The van der Waals surface area contributed by atoms with Crippen molar-refractivity contribution in [3.8, 4) is 75.1 Å². The van der Waals surface area contributed by atoms with Crippen molar-refractivity contribution < 1.29 is 29.6 Å². The molecule has 19 nitrogen and oxygen atoms in total. The Kier molecular flexibility index (Phi) is 12.0. The summed E-state index contributed by atoms with van der Waals surface area (Å²) in [5.41, 5.74) is 24.3. The molecule has 1 fully saturated rings. The number of aromatic amines is 1. The average molecular weight is 983 g/mol. The van der Waals surface area contributed by atoms with Crippen LogP contribution in [0.3, 0.4) is 0 Å². The van der Waals surface area contributed by atoms with E-state index < -0.39 is 17.3 Å². The summed E-state index contributed by atoms with van der Waals surface area (Å²) in [6.45, 7) is 7.42. The molecule has 0 spiro atoms. The largest absolute Gasteiger partial charge is 0.395 e. The summed E-state index contributed by atoms with van der Waals surface area (Å²) >= 11 is 7.13. The minimum Gasteiger partial charge on any atom is -0.395 e. The van der Waals surface area contributed by atoms with Crippen molar-refractivity contribution in [2.45, 2.75) is 77.0 Å². The van der Waals surface area contributed by atoms with E-state index >= 15 is 0 Å². The molecule has 0 bridgehead atoms. The molecule has 9 heterocycles. The molecule has 0 radical (unpaired) electrons. The van der Waals surface area contributed by atoms with E-state index in [9.17, 15) is 20.4 Å². The van der Waals surface area contributed by atoms with E-state index in [-0.39, 0.29) is 42.1 Å². The summed E-state index contributed by atoms with van der Waals surface area (Å²) in [5, 5.41) is 43.1. The van der Waals surface area contributed by atoms with Crippen LogP contribution in [-0.2, 0) is 13.1 Å². The molecule has 9 aromatic heterocycles. The molecule has 1 saturated carbocycles. The first kappa shape index (κ1) is 47.2. The fourth-order valence-corrected chi connectivity index (χ4v) is 8.63. The van der Waals surface area contributed by atoms with Crippen LogP contribution in [-0.4, -0.2) is 93.3 Å². The standard InChI is InChI=1S/C52H46ClN15O4/c1-29(67-27-38(41-9-15-57-48(54)62-41)34-19-31(6-5-30(2)70)59-24-44(34)67)25-66-16-10-42(63-49(66)55)37-22-60-46-36(37)21-33(8-12-52(72)13-14-52)61-47(46)68-28-40(53)45(64-50(68)56)39-26-65(17-18-69)43-23-58-32(20-35(39)43)7-11-51(3,4)71/h9-10,15-16,19-24,26-30,56,69-72H,13-14,17-18,25H2,1-4H3,(H4,54,55,57,60,61,62,63)/p+2. The number of nitrogen functional groups attached to an aromatic ring is 3. The molecule has 11 N–H and O–H groups in total. The van der Waals surface area contributed by atoms with Crippen molar-refractivity contribution in [2.75, 3.05) is 23.8 Å². The van der Waals surface area contributed by atoms with Crippen molar-refractivity contribution in [2.24, 2.45) is 0 Å². The van der Waals surface area contributed by atoms with Gasteiger partial charge in [-0.1, -0.05) is 34.3 Å². The molecule has 2 unspecified atom stereocenters. The van der Waals surface area contributed by atoms with Crippen molar-refractivity contribution in [1.82, 2.24) is 49.0 Å². The number of hydrogen-bond acceptors (Lipinski definition) is 14. The first-order chi connectivity index (χ1) is 34.4. The number of halogens is 1. The number of hydrogen-bond donors (Lipinski definition) is 8. The second-order valence-corrected chi connectivity index (χ2v) is 18.6. The Morgan fingerprint density at radius 3 is 2.29 bits per heavy atom. The lowest BCUT2D eigenvalue weighted by molar-refractivity contribution is -0.689. The smallest absolute Gasteiger partial charge is 0.389 e. The molecule has 0 saturated heterocycles. The fourth-order valence-electron chi connectivity index (χ4n) is 8.38. The van der Waals surface area contributed by atoms with Crippen molar-refractivity contribution >= 4 is 62.2 Å². The highest BCUT2D eigenvalue weighted by Gasteiger charge is 2.38. The molecule has 0 amide bonds. The van der Waals surface area contributed by atoms with Crippen LogP contribution in [0.1, 0.15) is 63.7 Å². The van der Waals surface area contributed by atoms with Crippen LogP contribution < -0.4 is 26.3 Å². The summed E-state index contributed by atoms with van der Waals surface area (Å²) < 4.78 is 7.37. The van der Waals surface area contributed by atoms with Gasteiger partial charge in [0, 0.05) is 70.2 Å². The monoisotopic (exact) mass is 981 g/mol. The molecule has 2 atom stereocenters. The van der Waals surface area contributed by atoms with E-state index in [1.165, 1.54) is 0 Å². The van der Waals surface area contributed by atoms with Crippen molar-refractivity contribution in [3.05, 3.63) is 102 Å². The van der Waals surface area contributed by atoms with E-state index in [0.717, 1.165) is 16.5 Å². The van der Waals surface area contributed by atoms with Gasteiger partial charge in [0.15, 0.2) is 17.1 Å². The third-order valence-corrected chi connectivity index (χ3v) is 12.3. The van der Waals surface area contributed by atoms with Crippen LogP contribution in [0.25, 0.3) is 72.3 Å². The Bertz CT molecular complexity index is 3850. The van der Waals surface area contributed by atoms with Crippen molar-refractivity contribution in [3.63, 3.8) is 0 Å². The Morgan fingerprint density at radius 1 is 0.861 bits per heavy atom. The highest BCUT2D eigenvalue weighted by molar-refractivity contribution is 6.33. The Morgan fingerprint density at radius 2 is 1.58 bits per heavy atom. The van der Waals surface area contributed by atoms with E-state index in [1.807, 2.05) is 45.9 Å². The number of nitrogens with one attached hydrogen (secondary N) is 1. The zero-order valence-corrected chi connectivity index (χ0v) is 40.3. The van der Waals surface area contributed by atoms with Gasteiger partial charge in [0.1, 0.15) is 39.2 Å². The number of aromatic nitrogens is 12. The van der Waals surface area contributed by atoms with E-state index in [0.29, 0.717) is 92.3 Å². The second kappa shape index (κ2) is 18.4. The van der Waals surface area contributed by atoms with Gasteiger partial charge in [-0.15, -0.1) is 9.97 Å². The van der Waals surface area contributed by atoms with E-state index in [1.54, 1.807) is 68.5 Å². The number of nitrogens with two attached hydrogens (primary N) is 3. The molecule has 360 valence electrons. The van der Waals surface area contributed by atoms with Gasteiger partial charge in [-0.05, 0) is 82.6 Å². The van der Waals surface area contributed by atoms with Gasteiger partial charge in [0.25, 0.3) is 5.82 Å². The maximum atomic E-state index is 10.7. The quantitative estimate of drug-likeness (QED) is 0.0755. The second-order valence-electron chi connectivity index (χ2n) is 18.2. The van der Waals surface area contributed by atoms with Gasteiger partial charge in [-0.2, -0.15) is 4.57 Å². The Labute approximate surface area is 417 Å². The minimum atomic E-state index is -1.23. The number of aliphatic hydroxyl groups is 4. The number of fused-ring (bicyclic) bond motifs is 3. The molecule has 10 rings (SSSR count). The number of anilines is 3. The number of nitrogens with zero attached hydrogens (tertiary/aromatic N) is 11. The van der Waals surface area contributed by atoms with E-state index in [2.05, 4.69) is 71.9 Å². The highest BCUT2D eigenvalue weighted by Crippen LogP contribution is 2.37. The maximum Gasteiger partial charge on any atom is 0.389 e. The van der Waals surface area contributed by atoms with Gasteiger partial charge in [0.05, 0.1) is 60.7 Å². The van der Waals surface area contributed by atoms with Gasteiger partial charge in [-0.25, -0.2) is 24.5 Å². The summed E-state index contributed by atoms with van der Waals surface area (Å²) in [6, 6.07) is 8.97. The first-order valence-corrected chi connectivity index (χ1v) is 23.3. The van der Waals surface area contributed by atoms with Gasteiger partial charge in [0.2, 0.25) is 5.95 Å². The van der Waals surface area contributed by atoms with E-state index in [4.69, 9.17) is 43.8 Å². The molecular weight excluding hydrogens is 934 g/mol. The molecule has 0 aromatic carbocycles. The first-order valence-electron chi connectivity index (χ1n) is 22.9. The van der Waals surface area contributed by atoms with Crippen LogP contribution in [0, 0.1) is 35.5 Å². The molecule has 1 aliphatic carbocycles. The Balaban J connectivity index is 1.01. The molecular formula is C52H48ClN15O4+2. The topological polar surface area (TPSA) is 283 Å². The number of pyridine rings is 3. The normalized spacial score (nSPS) is 13.8. The summed E-state index contributed by atoms with van der Waals surface area (Å²) in [7, 11) is 0. The van der Waals surface area contributed by atoms with Crippen LogP contribution in [0.5, 0.6) is 0 Å². The van der Waals surface area contributed by atoms with Crippen LogP contribution in [0.15, 0.2) is 79.9 Å². The van der Waals surface area contributed by atoms with Gasteiger partial charge < -0.3 is 46.0 Å². The third-order valence-electron chi connectivity index (χ3n) is 12.1. The fraction of sp³-hybridized carbons (Fsp3) is 0.250. The summed E-state index contributed by atoms with van der Waals surface area (Å²) in [6.07, 6.45) is 14.5. The third kappa shape index (κ3) is 9.44. The number of rotatable bonds is 9. The van der Waals surface area contributed by atoms with Crippen molar-refractivity contribution in [1.29, 1.82) is 0 Å². The SMILES string of the molecule is CC(O)C#Cc1cc2c(-c3ccnc(N)n3)cn(C(C)C[n+]3ccc(-c4c[nH]c5c(-[n+]6cc(Cl)c(-c7cn(CCO)c8cnc(C#CC(C)(C)O)cc78)nc6N)nc(C#CC6(O)CC6)cc45)nc3N)c2cn1. The molecule has 9 aromatic rings. The predicted octanol–water partition coefficient (Wildman–Crippen LogP) is 3.79. The van der Waals surface area contributed by atoms with Crippen LogP contribution in [0.2, 0.25) is 5.02 Å². The van der Waals surface area contributed by atoms with Crippen LogP contribution in [0.4, 0.5) is 17.8 Å².